The number of nitrogens with one attached hydrogen (secondary N) is 3. The molecule has 0 saturated carbocycles. The SMILES string of the molecule is C=C1C=Cc2cnc(Nc3ccc(C4CCNC4)cc3)nc2N1C1CNc2ccccc2C1. The van der Waals surface area contributed by atoms with E-state index in [4.69, 9.17) is 4.98 Å². The van der Waals surface area contributed by atoms with Crippen LogP contribution < -0.4 is 20.9 Å². The number of rotatable bonds is 4. The van der Waals surface area contributed by atoms with Crippen molar-refractivity contribution in [3.8, 4) is 0 Å². The first-order valence-electron chi connectivity index (χ1n) is 11.7. The molecule has 0 radical (unpaired) electrons. The van der Waals surface area contributed by atoms with Gasteiger partial charge in [0.25, 0.3) is 0 Å². The fourth-order valence-electron chi connectivity index (χ4n) is 5.08. The number of aromatic nitrogens is 2. The second-order valence-corrected chi connectivity index (χ2v) is 9.00. The van der Waals surface area contributed by atoms with Crippen molar-refractivity contribution in [1.29, 1.82) is 0 Å². The van der Waals surface area contributed by atoms with Gasteiger partial charge in [-0.15, -0.1) is 0 Å². The molecule has 33 heavy (non-hydrogen) atoms. The van der Waals surface area contributed by atoms with Crippen molar-refractivity contribution in [2.75, 3.05) is 35.2 Å². The highest BCUT2D eigenvalue weighted by Gasteiger charge is 2.29. The Morgan fingerprint density at radius 2 is 1.91 bits per heavy atom. The Balaban J connectivity index is 1.25. The minimum Gasteiger partial charge on any atom is -0.383 e. The van der Waals surface area contributed by atoms with Crippen molar-refractivity contribution < 1.29 is 0 Å². The van der Waals surface area contributed by atoms with Crippen LogP contribution in [0.4, 0.5) is 23.1 Å². The van der Waals surface area contributed by atoms with Crippen LogP contribution in [0.1, 0.15) is 29.0 Å². The molecule has 0 amide bonds. The van der Waals surface area contributed by atoms with Crippen molar-refractivity contribution in [3.63, 3.8) is 0 Å². The molecule has 1 aromatic heterocycles. The highest BCUT2D eigenvalue weighted by Crippen LogP contribution is 2.34. The predicted octanol–water partition coefficient (Wildman–Crippen LogP) is 4.68. The Labute approximate surface area is 194 Å². The van der Waals surface area contributed by atoms with Crippen LogP contribution in [-0.2, 0) is 6.42 Å². The van der Waals surface area contributed by atoms with Crippen LogP contribution in [-0.4, -0.2) is 35.6 Å². The minimum absolute atomic E-state index is 0.234. The van der Waals surface area contributed by atoms with Gasteiger partial charge in [-0.05, 0) is 66.8 Å². The van der Waals surface area contributed by atoms with Gasteiger partial charge in [0.2, 0.25) is 5.95 Å². The van der Waals surface area contributed by atoms with Crippen LogP contribution in [0, 0.1) is 0 Å². The van der Waals surface area contributed by atoms with Crippen molar-refractivity contribution in [2.24, 2.45) is 0 Å². The lowest BCUT2D eigenvalue weighted by molar-refractivity contribution is 0.635. The number of allylic oxidation sites excluding steroid dienone is 1. The van der Waals surface area contributed by atoms with Gasteiger partial charge in [0.1, 0.15) is 5.82 Å². The lowest BCUT2D eigenvalue weighted by Gasteiger charge is -2.39. The second kappa shape index (κ2) is 8.37. The zero-order valence-corrected chi connectivity index (χ0v) is 18.6. The topological polar surface area (TPSA) is 65.1 Å². The van der Waals surface area contributed by atoms with Crippen LogP contribution in [0.15, 0.2) is 73.1 Å². The molecule has 6 rings (SSSR count). The summed E-state index contributed by atoms with van der Waals surface area (Å²) in [4.78, 5) is 11.7. The monoisotopic (exact) mass is 436 g/mol. The third-order valence-corrected chi connectivity index (χ3v) is 6.85. The second-order valence-electron chi connectivity index (χ2n) is 9.00. The van der Waals surface area contributed by atoms with Crippen molar-refractivity contribution in [2.45, 2.75) is 24.8 Å². The molecule has 6 heteroatoms. The summed E-state index contributed by atoms with van der Waals surface area (Å²) in [5.41, 5.74) is 6.88. The van der Waals surface area contributed by atoms with Gasteiger partial charge >= 0.3 is 0 Å². The first kappa shape index (κ1) is 20.0. The third-order valence-electron chi connectivity index (χ3n) is 6.85. The van der Waals surface area contributed by atoms with E-state index in [1.165, 1.54) is 23.2 Å². The Kier molecular flexibility index (Phi) is 5.07. The summed E-state index contributed by atoms with van der Waals surface area (Å²) in [6.45, 7) is 7.32. The molecule has 3 aromatic rings. The molecule has 6 nitrogen and oxygen atoms in total. The molecule has 1 saturated heterocycles. The summed E-state index contributed by atoms with van der Waals surface area (Å²) >= 11 is 0. The van der Waals surface area contributed by atoms with Crippen molar-refractivity contribution >= 4 is 29.2 Å². The standard InChI is InChI=1S/C27H28N6/c1-18-6-7-22-16-30-27(31-23-10-8-19(9-11-23)21-12-13-28-15-21)32-26(22)33(18)24-14-20-4-2-3-5-25(20)29-17-24/h2-11,16,21,24,28-29H,1,12-15,17H2,(H,30,31,32). The lowest BCUT2D eigenvalue weighted by atomic mass is 9.97. The summed E-state index contributed by atoms with van der Waals surface area (Å²) in [6, 6.07) is 17.4. The molecular formula is C27H28N6. The Morgan fingerprint density at radius 1 is 1.03 bits per heavy atom. The highest BCUT2D eigenvalue weighted by molar-refractivity contribution is 5.75. The quantitative estimate of drug-likeness (QED) is 0.552. The van der Waals surface area contributed by atoms with Crippen LogP contribution >= 0.6 is 0 Å². The largest absolute Gasteiger partial charge is 0.383 e. The van der Waals surface area contributed by atoms with Gasteiger partial charge in [0, 0.05) is 41.9 Å². The van der Waals surface area contributed by atoms with Gasteiger partial charge in [0.05, 0.1) is 6.04 Å². The molecule has 0 bridgehead atoms. The van der Waals surface area contributed by atoms with E-state index in [9.17, 15) is 0 Å². The average Bonchev–Trinajstić information content (AvgIpc) is 3.39. The fraction of sp³-hybridized carbons (Fsp3) is 0.259. The van der Waals surface area contributed by atoms with Gasteiger partial charge in [-0.3, -0.25) is 0 Å². The van der Waals surface area contributed by atoms with Crippen LogP contribution in [0.25, 0.3) is 6.08 Å². The van der Waals surface area contributed by atoms with Gasteiger partial charge in [-0.1, -0.05) is 36.9 Å². The summed E-state index contributed by atoms with van der Waals surface area (Å²) < 4.78 is 0. The summed E-state index contributed by atoms with van der Waals surface area (Å²) in [7, 11) is 0. The molecule has 0 aliphatic carbocycles. The molecule has 0 spiro atoms. The predicted molar refractivity (Wildman–Crippen MR) is 135 cm³/mol. The van der Waals surface area contributed by atoms with Gasteiger partial charge < -0.3 is 20.9 Å². The maximum atomic E-state index is 4.93. The smallest absolute Gasteiger partial charge is 0.229 e. The zero-order chi connectivity index (χ0) is 22.2. The van der Waals surface area contributed by atoms with E-state index >= 15 is 0 Å². The number of fused-ring (bicyclic) bond motifs is 2. The maximum Gasteiger partial charge on any atom is 0.229 e. The zero-order valence-electron chi connectivity index (χ0n) is 18.6. The Bertz CT molecular complexity index is 1210. The molecule has 2 aromatic carbocycles. The molecule has 2 unspecified atom stereocenters. The van der Waals surface area contributed by atoms with Crippen molar-refractivity contribution in [1.82, 2.24) is 15.3 Å². The number of anilines is 4. The molecule has 3 aliphatic heterocycles. The van der Waals surface area contributed by atoms with Crippen LogP contribution in [0.3, 0.4) is 0 Å². The number of nitrogens with zero attached hydrogens (tertiary/aromatic N) is 3. The van der Waals surface area contributed by atoms with E-state index < -0.39 is 0 Å². The first-order chi connectivity index (χ1) is 16.2. The van der Waals surface area contributed by atoms with E-state index in [0.717, 1.165) is 48.8 Å². The third kappa shape index (κ3) is 3.87. The van der Waals surface area contributed by atoms with E-state index in [1.54, 1.807) is 0 Å². The number of hydrogen-bond acceptors (Lipinski definition) is 6. The van der Waals surface area contributed by atoms with E-state index in [1.807, 2.05) is 12.3 Å². The minimum atomic E-state index is 0.234. The average molecular weight is 437 g/mol. The number of hydrogen-bond donors (Lipinski definition) is 3. The van der Waals surface area contributed by atoms with Crippen LogP contribution in [0.2, 0.25) is 0 Å². The van der Waals surface area contributed by atoms with E-state index in [-0.39, 0.29) is 6.04 Å². The molecule has 1 fully saturated rings. The van der Waals surface area contributed by atoms with E-state index in [0.29, 0.717) is 11.9 Å². The fourth-order valence-corrected chi connectivity index (χ4v) is 5.08. The Hall–Kier alpha value is -3.64. The number of benzene rings is 2. The molecule has 2 atom stereocenters. The molecule has 3 aliphatic rings. The van der Waals surface area contributed by atoms with E-state index in [2.05, 4.69) is 87.0 Å². The van der Waals surface area contributed by atoms with Gasteiger partial charge in [-0.25, -0.2) is 4.98 Å². The van der Waals surface area contributed by atoms with Gasteiger partial charge in [0.15, 0.2) is 0 Å². The number of para-hydroxylation sites is 1. The molecular weight excluding hydrogens is 408 g/mol. The summed E-state index contributed by atoms with van der Waals surface area (Å²) in [6.07, 6.45) is 8.14. The molecule has 4 heterocycles. The summed E-state index contributed by atoms with van der Waals surface area (Å²) in [5.74, 6) is 2.11. The lowest BCUT2D eigenvalue weighted by Crippen LogP contribution is -2.44. The van der Waals surface area contributed by atoms with Gasteiger partial charge in [-0.2, -0.15) is 4.98 Å². The van der Waals surface area contributed by atoms with Crippen molar-refractivity contribution in [3.05, 3.63) is 89.8 Å². The molecule has 3 N–H and O–H groups in total. The maximum absolute atomic E-state index is 4.93. The first-order valence-corrected chi connectivity index (χ1v) is 11.7. The highest BCUT2D eigenvalue weighted by atomic mass is 15.3. The Morgan fingerprint density at radius 3 is 2.76 bits per heavy atom. The normalized spacial score (nSPS) is 21.3. The molecule has 166 valence electrons. The van der Waals surface area contributed by atoms with Crippen LogP contribution in [0.5, 0.6) is 0 Å². The summed E-state index contributed by atoms with van der Waals surface area (Å²) in [5, 5.41) is 10.4.